The number of anilines is 1. The SMILES string of the molecule is CC(C)(C)N(CCC(=O)NCC(=O)N1Cc2ccccc2Oc2ccc(Cl)cc21)C(=O)O. The number of carboxylic acid groups (broad SMARTS) is 1. The lowest BCUT2D eigenvalue weighted by atomic mass is 10.1. The molecular formula is C23H26ClN3O5. The first-order valence-corrected chi connectivity index (χ1v) is 10.6. The van der Waals surface area contributed by atoms with E-state index >= 15 is 0 Å². The molecule has 0 atom stereocenters. The van der Waals surface area contributed by atoms with Crippen molar-refractivity contribution in [2.24, 2.45) is 0 Å². The highest BCUT2D eigenvalue weighted by molar-refractivity contribution is 6.31. The van der Waals surface area contributed by atoms with Crippen LogP contribution in [0.4, 0.5) is 10.5 Å². The molecule has 3 amide bonds. The van der Waals surface area contributed by atoms with Crippen molar-refractivity contribution in [2.45, 2.75) is 39.3 Å². The third kappa shape index (κ3) is 5.50. The second kappa shape index (κ2) is 9.48. The second-order valence-corrected chi connectivity index (χ2v) is 8.87. The monoisotopic (exact) mass is 459 g/mol. The Bertz CT molecular complexity index is 1030. The minimum atomic E-state index is -1.10. The van der Waals surface area contributed by atoms with Gasteiger partial charge in [-0.1, -0.05) is 29.8 Å². The fourth-order valence-electron chi connectivity index (χ4n) is 3.41. The number of hydrogen-bond acceptors (Lipinski definition) is 4. The molecule has 2 aromatic carbocycles. The predicted molar refractivity (Wildman–Crippen MR) is 121 cm³/mol. The van der Waals surface area contributed by atoms with E-state index in [2.05, 4.69) is 5.32 Å². The average molecular weight is 460 g/mol. The van der Waals surface area contributed by atoms with Crippen molar-refractivity contribution in [1.29, 1.82) is 0 Å². The van der Waals surface area contributed by atoms with Gasteiger partial charge in [-0.15, -0.1) is 0 Å². The molecule has 0 saturated carbocycles. The van der Waals surface area contributed by atoms with Crippen LogP contribution < -0.4 is 15.0 Å². The average Bonchev–Trinajstić information content (AvgIpc) is 2.87. The Morgan fingerprint density at radius 2 is 1.88 bits per heavy atom. The standard InChI is InChI=1S/C23H26ClN3O5/c1-23(2,3)27(22(30)31)11-10-20(28)25-13-21(29)26-14-15-6-4-5-7-18(15)32-19-9-8-16(24)12-17(19)26/h4-9,12H,10-11,13-14H2,1-3H3,(H,25,28)(H,30,31). The summed E-state index contributed by atoms with van der Waals surface area (Å²) in [6, 6.07) is 12.4. The maximum atomic E-state index is 13.1. The number of ether oxygens (including phenoxy) is 1. The molecule has 8 nitrogen and oxygen atoms in total. The highest BCUT2D eigenvalue weighted by Gasteiger charge is 2.28. The zero-order valence-corrected chi connectivity index (χ0v) is 19.0. The van der Waals surface area contributed by atoms with Crippen molar-refractivity contribution in [2.75, 3.05) is 18.0 Å². The number of benzene rings is 2. The van der Waals surface area contributed by atoms with E-state index in [0.29, 0.717) is 22.2 Å². The van der Waals surface area contributed by atoms with E-state index in [1.165, 1.54) is 9.80 Å². The number of amides is 3. The predicted octanol–water partition coefficient (Wildman–Crippen LogP) is 4.26. The molecule has 0 aliphatic carbocycles. The largest absolute Gasteiger partial charge is 0.465 e. The first-order valence-electron chi connectivity index (χ1n) is 10.2. The van der Waals surface area contributed by atoms with Crippen LogP contribution in [-0.2, 0) is 16.1 Å². The quantitative estimate of drug-likeness (QED) is 0.695. The molecular weight excluding hydrogens is 434 g/mol. The number of nitrogens with one attached hydrogen (secondary N) is 1. The number of nitrogens with zero attached hydrogens (tertiary/aromatic N) is 2. The van der Waals surface area contributed by atoms with Crippen LogP contribution in [-0.4, -0.2) is 46.5 Å². The van der Waals surface area contributed by atoms with E-state index in [1.807, 2.05) is 24.3 Å². The van der Waals surface area contributed by atoms with Gasteiger partial charge in [0.2, 0.25) is 11.8 Å². The van der Waals surface area contributed by atoms with E-state index in [1.54, 1.807) is 39.0 Å². The molecule has 9 heteroatoms. The van der Waals surface area contributed by atoms with Crippen LogP contribution in [0.25, 0.3) is 0 Å². The molecule has 0 bridgehead atoms. The summed E-state index contributed by atoms with van der Waals surface area (Å²) < 4.78 is 5.98. The van der Waals surface area contributed by atoms with Crippen LogP contribution in [0.5, 0.6) is 11.5 Å². The Morgan fingerprint density at radius 3 is 2.56 bits per heavy atom. The molecule has 0 radical (unpaired) electrons. The van der Waals surface area contributed by atoms with Crippen LogP contribution in [0.2, 0.25) is 5.02 Å². The zero-order valence-electron chi connectivity index (χ0n) is 18.2. The molecule has 2 N–H and O–H groups in total. The van der Waals surface area contributed by atoms with Gasteiger partial charge >= 0.3 is 6.09 Å². The number of rotatable bonds is 5. The summed E-state index contributed by atoms with van der Waals surface area (Å²) in [5.74, 6) is 0.382. The van der Waals surface area contributed by atoms with Crippen LogP contribution in [0.15, 0.2) is 42.5 Å². The van der Waals surface area contributed by atoms with E-state index in [9.17, 15) is 19.5 Å². The minimum absolute atomic E-state index is 0.0300. The van der Waals surface area contributed by atoms with Gasteiger partial charge in [-0.3, -0.25) is 9.59 Å². The number of carbonyl (C=O) groups excluding carboxylic acids is 2. The normalized spacial score (nSPS) is 12.7. The first kappa shape index (κ1) is 23.4. The Morgan fingerprint density at radius 1 is 1.16 bits per heavy atom. The zero-order chi connectivity index (χ0) is 23.5. The molecule has 2 aromatic rings. The van der Waals surface area contributed by atoms with E-state index in [-0.39, 0.29) is 32.0 Å². The lowest BCUT2D eigenvalue weighted by Crippen LogP contribution is -2.47. The summed E-state index contributed by atoms with van der Waals surface area (Å²) in [7, 11) is 0. The lowest BCUT2D eigenvalue weighted by molar-refractivity contribution is -0.125. The molecule has 0 fully saturated rings. The molecule has 1 aliphatic rings. The molecule has 170 valence electrons. The van der Waals surface area contributed by atoms with E-state index in [0.717, 1.165) is 5.56 Å². The maximum absolute atomic E-state index is 13.1. The van der Waals surface area contributed by atoms with Gasteiger partial charge in [0.1, 0.15) is 5.75 Å². The molecule has 3 rings (SSSR count). The van der Waals surface area contributed by atoms with Gasteiger partial charge in [-0.2, -0.15) is 0 Å². The molecule has 1 heterocycles. The molecule has 0 aromatic heterocycles. The van der Waals surface area contributed by atoms with Crippen molar-refractivity contribution >= 4 is 35.2 Å². The summed E-state index contributed by atoms with van der Waals surface area (Å²) in [5.41, 5.74) is 0.698. The Labute approximate surface area is 191 Å². The highest BCUT2D eigenvalue weighted by Crippen LogP contribution is 2.40. The number of halogens is 1. The van der Waals surface area contributed by atoms with Gasteiger partial charge in [0, 0.05) is 29.1 Å². The highest BCUT2D eigenvalue weighted by atomic mass is 35.5. The summed E-state index contributed by atoms with van der Waals surface area (Å²) in [5, 5.41) is 12.4. The van der Waals surface area contributed by atoms with Crippen molar-refractivity contribution in [3.8, 4) is 11.5 Å². The van der Waals surface area contributed by atoms with Gasteiger partial charge < -0.3 is 25.0 Å². The molecule has 32 heavy (non-hydrogen) atoms. The fraction of sp³-hybridized carbons (Fsp3) is 0.348. The van der Waals surface area contributed by atoms with Gasteiger partial charge in [0.15, 0.2) is 5.75 Å². The van der Waals surface area contributed by atoms with Gasteiger partial charge in [0.25, 0.3) is 0 Å². The smallest absolute Gasteiger partial charge is 0.407 e. The lowest BCUT2D eigenvalue weighted by Gasteiger charge is -2.32. The van der Waals surface area contributed by atoms with E-state index < -0.39 is 17.5 Å². The van der Waals surface area contributed by atoms with Crippen LogP contribution in [0.1, 0.15) is 32.8 Å². The third-order valence-corrected chi connectivity index (χ3v) is 5.31. The fourth-order valence-corrected chi connectivity index (χ4v) is 3.57. The van der Waals surface area contributed by atoms with Crippen molar-refractivity contribution in [1.82, 2.24) is 10.2 Å². The number of hydrogen-bond donors (Lipinski definition) is 2. The van der Waals surface area contributed by atoms with Gasteiger partial charge in [0.05, 0.1) is 18.8 Å². The Hall–Kier alpha value is -3.26. The first-order chi connectivity index (χ1) is 15.1. The van der Waals surface area contributed by atoms with E-state index in [4.69, 9.17) is 16.3 Å². The molecule has 0 unspecified atom stereocenters. The van der Waals surface area contributed by atoms with Gasteiger partial charge in [-0.25, -0.2) is 4.79 Å². The summed E-state index contributed by atoms with van der Waals surface area (Å²) in [4.78, 5) is 39.5. The number of para-hydroxylation sites is 1. The van der Waals surface area contributed by atoms with Crippen LogP contribution in [0, 0.1) is 0 Å². The Kier molecular flexibility index (Phi) is 6.93. The third-order valence-electron chi connectivity index (χ3n) is 5.07. The minimum Gasteiger partial charge on any atom is -0.465 e. The van der Waals surface area contributed by atoms with Crippen molar-refractivity contribution in [3.63, 3.8) is 0 Å². The summed E-state index contributed by atoms with van der Waals surface area (Å²) >= 11 is 6.16. The Balaban J connectivity index is 1.70. The van der Waals surface area contributed by atoms with Crippen LogP contribution in [0.3, 0.4) is 0 Å². The molecule has 0 spiro atoms. The number of carbonyl (C=O) groups is 3. The number of fused-ring (bicyclic) bond motifs is 2. The maximum Gasteiger partial charge on any atom is 0.407 e. The second-order valence-electron chi connectivity index (χ2n) is 8.43. The summed E-state index contributed by atoms with van der Waals surface area (Å²) in [6.07, 6.45) is -1.15. The molecule has 1 aliphatic heterocycles. The van der Waals surface area contributed by atoms with Crippen LogP contribution >= 0.6 is 11.6 Å². The van der Waals surface area contributed by atoms with Gasteiger partial charge in [-0.05, 0) is 45.0 Å². The van der Waals surface area contributed by atoms with Crippen molar-refractivity contribution in [3.05, 3.63) is 53.1 Å². The van der Waals surface area contributed by atoms with Crippen molar-refractivity contribution < 1.29 is 24.2 Å². The molecule has 0 saturated heterocycles. The summed E-state index contributed by atoms with van der Waals surface area (Å²) in [6.45, 7) is 5.31. The topological polar surface area (TPSA) is 99.2 Å².